The second kappa shape index (κ2) is 4.31. The first-order chi connectivity index (χ1) is 11.0. The van der Waals surface area contributed by atoms with Crippen molar-refractivity contribution < 1.29 is 14.6 Å². The van der Waals surface area contributed by atoms with Gasteiger partial charge in [-0.3, -0.25) is 0 Å². The van der Waals surface area contributed by atoms with Crippen LogP contribution in [0.3, 0.4) is 0 Å². The molecular weight excluding hydrogens is 288 g/mol. The molecule has 2 N–H and O–H groups in total. The number of fused-ring (bicyclic) bond motifs is 5. The first-order valence-electron chi connectivity index (χ1n) is 9.11. The normalized spacial score (nSPS) is 47.5. The van der Waals surface area contributed by atoms with E-state index in [2.05, 4.69) is 19.1 Å². The van der Waals surface area contributed by atoms with Crippen LogP contribution in [-0.4, -0.2) is 22.4 Å². The molecule has 3 heteroatoms. The quantitative estimate of drug-likeness (QED) is 0.833. The van der Waals surface area contributed by atoms with Crippen molar-refractivity contribution in [2.45, 2.75) is 57.5 Å². The fourth-order valence-electron chi connectivity index (χ4n) is 6.89. The van der Waals surface area contributed by atoms with Gasteiger partial charge in [0.25, 0.3) is 0 Å². The molecule has 1 spiro atoms. The molecule has 0 saturated heterocycles. The summed E-state index contributed by atoms with van der Waals surface area (Å²) in [5, 5.41) is 20.7. The van der Waals surface area contributed by atoms with Crippen LogP contribution in [0.2, 0.25) is 0 Å². The third-order valence-corrected chi connectivity index (χ3v) is 7.89. The van der Waals surface area contributed by atoms with Gasteiger partial charge in [0.05, 0.1) is 18.5 Å². The van der Waals surface area contributed by atoms with Crippen molar-refractivity contribution in [2.24, 2.45) is 22.7 Å². The molecule has 0 aliphatic heterocycles. The monoisotopic (exact) mass is 314 g/mol. The molecule has 124 valence electrons. The minimum Gasteiger partial charge on any atom is -0.469 e. The van der Waals surface area contributed by atoms with Crippen LogP contribution in [0.5, 0.6) is 0 Å². The number of hydrogen-bond acceptors (Lipinski definition) is 3. The molecular formula is C20H26O3. The first kappa shape index (κ1) is 14.3. The van der Waals surface area contributed by atoms with Crippen molar-refractivity contribution in [2.75, 3.05) is 6.61 Å². The van der Waals surface area contributed by atoms with Gasteiger partial charge in [0, 0.05) is 12.0 Å². The number of hydrogen-bond donors (Lipinski definition) is 2. The molecule has 4 aliphatic carbocycles. The van der Waals surface area contributed by atoms with Gasteiger partial charge in [-0.1, -0.05) is 13.0 Å². The lowest BCUT2D eigenvalue weighted by molar-refractivity contribution is -0.0475. The molecule has 5 rings (SSSR count). The van der Waals surface area contributed by atoms with E-state index < -0.39 is 5.60 Å². The average Bonchev–Trinajstić information content (AvgIpc) is 3.09. The maximum absolute atomic E-state index is 10.9. The van der Waals surface area contributed by atoms with Crippen molar-refractivity contribution in [3.63, 3.8) is 0 Å². The fourth-order valence-corrected chi connectivity index (χ4v) is 6.89. The van der Waals surface area contributed by atoms with E-state index in [-0.39, 0.29) is 23.4 Å². The Balaban J connectivity index is 1.62. The highest BCUT2D eigenvalue weighted by Gasteiger charge is 2.64. The van der Waals surface area contributed by atoms with E-state index in [1.54, 1.807) is 0 Å². The zero-order chi connectivity index (χ0) is 15.9. The number of rotatable bonds is 1. The smallest absolute Gasteiger partial charge is 0.111 e. The Labute approximate surface area is 137 Å². The van der Waals surface area contributed by atoms with Crippen LogP contribution >= 0.6 is 0 Å². The predicted molar refractivity (Wildman–Crippen MR) is 87.6 cm³/mol. The fraction of sp³-hybridized carbons (Fsp3) is 0.700. The summed E-state index contributed by atoms with van der Waals surface area (Å²) in [4.78, 5) is 0. The molecule has 2 bridgehead atoms. The molecule has 4 aliphatic rings. The topological polar surface area (TPSA) is 53.6 Å². The number of aryl methyl sites for hydroxylation is 1. The minimum atomic E-state index is -0.841. The third kappa shape index (κ3) is 1.63. The summed E-state index contributed by atoms with van der Waals surface area (Å²) in [6.45, 7) is 2.36. The zero-order valence-electron chi connectivity index (χ0n) is 13.8. The zero-order valence-corrected chi connectivity index (χ0v) is 13.8. The molecule has 1 heterocycles. The van der Waals surface area contributed by atoms with E-state index in [4.69, 9.17) is 4.42 Å². The summed E-state index contributed by atoms with van der Waals surface area (Å²) in [6, 6.07) is 2.14. The van der Waals surface area contributed by atoms with Crippen molar-refractivity contribution in [1.82, 2.24) is 0 Å². The highest BCUT2D eigenvalue weighted by Crippen LogP contribution is 2.70. The second-order valence-corrected chi connectivity index (χ2v) is 8.83. The summed E-state index contributed by atoms with van der Waals surface area (Å²) < 4.78 is 5.68. The summed E-state index contributed by atoms with van der Waals surface area (Å²) >= 11 is 0. The molecule has 1 aromatic heterocycles. The molecule has 1 aromatic rings. The lowest BCUT2D eigenvalue weighted by Gasteiger charge is -2.55. The Morgan fingerprint density at radius 2 is 2.22 bits per heavy atom. The third-order valence-electron chi connectivity index (χ3n) is 7.89. The Kier molecular flexibility index (Phi) is 2.68. The SMILES string of the molecule is C[C@@]12CCc3occc3C1=CC[C@@]13C[C@@H](CC[C@H]12)[C@@](O)(CO)C3. The van der Waals surface area contributed by atoms with Crippen LogP contribution in [0.25, 0.3) is 5.57 Å². The van der Waals surface area contributed by atoms with Gasteiger partial charge in [0.15, 0.2) is 0 Å². The van der Waals surface area contributed by atoms with E-state index in [1.807, 2.05) is 6.26 Å². The minimum absolute atomic E-state index is 0.0781. The maximum Gasteiger partial charge on any atom is 0.111 e. The van der Waals surface area contributed by atoms with Crippen LogP contribution < -0.4 is 0 Å². The molecule has 0 amide bonds. The summed E-state index contributed by atoms with van der Waals surface area (Å²) in [6.07, 6.45) is 11.6. The van der Waals surface area contributed by atoms with Crippen molar-refractivity contribution in [1.29, 1.82) is 0 Å². The van der Waals surface area contributed by atoms with Gasteiger partial charge >= 0.3 is 0 Å². The van der Waals surface area contributed by atoms with Crippen LogP contribution in [-0.2, 0) is 6.42 Å². The van der Waals surface area contributed by atoms with Gasteiger partial charge in [-0.2, -0.15) is 0 Å². The Morgan fingerprint density at radius 1 is 1.35 bits per heavy atom. The van der Waals surface area contributed by atoms with Gasteiger partial charge in [0.2, 0.25) is 0 Å². The maximum atomic E-state index is 10.9. The lowest BCUT2D eigenvalue weighted by atomic mass is 9.48. The van der Waals surface area contributed by atoms with Crippen molar-refractivity contribution >= 4 is 5.57 Å². The largest absolute Gasteiger partial charge is 0.469 e. The van der Waals surface area contributed by atoms with Gasteiger partial charge in [-0.05, 0) is 72.8 Å². The summed E-state index contributed by atoms with van der Waals surface area (Å²) in [7, 11) is 0. The van der Waals surface area contributed by atoms with E-state index >= 15 is 0 Å². The van der Waals surface area contributed by atoms with E-state index in [1.165, 1.54) is 17.6 Å². The molecule has 0 radical (unpaired) electrons. The molecule has 3 nitrogen and oxygen atoms in total. The highest BCUT2D eigenvalue weighted by atomic mass is 16.3. The van der Waals surface area contributed by atoms with Crippen LogP contribution in [0.15, 0.2) is 22.8 Å². The molecule has 0 aromatic carbocycles. The standard InChI is InChI=1S/C20H26O3/c1-18-7-5-16-14(6-9-23-16)15(18)4-8-19-10-13(2-3-17(18)19)20(22,11-19)12-21/h4,6,9,13,17,21-22H,2-3,5,7-8,10-12H2,1H3/t13-,17+,18-,19+,20+/m1/s1. The molecule has 0 unspecified atom stereocenters. The highest BCUT2D eigenvalue weighted by molar-refractivity contribution is 5.74. The average molecular weight is 314 g/mol. The van der Waals surface area contributed by atoms with Crippen molar-refractivity contribution in [3.8, 4) is 0 Å². The van der Waals surface area contributed by atoms with Gasteiger partial charge in [-0.25, -0.2) is 0 Å². The molecule has 2 fully saturated rings. The van der Waals surface area contributed by atoms with E-state index in [9.17, 15) is 10.2 Å². The molecule has 23 heavy (non-hydrogen) atoms. The number of aliphatic hydroxyl groups is 2. The molecule has 5 atom stereocenters. The van der Waals surface area contributed by atoms with Crippen LogP contribution in [0.1, 0.15) is 56.8 Å². The van der Waals surface area contributed by atoms with Crippen LogP contribution in [0, 0.1) is 22.7 Å². The Morgan fingerprint density at radius 3 is 3.04 bits per heavy atom. The summed E-state index contributed by atoms with van der Waals surface area (Å²) in [5.74, 6) is 2.06. The predicted octanol–water partition coefficient (Wildman–Crippen LogP) is 3.55. The van der Waals surface area contributed by atoms with Gasteiger partial charge < -0.3 is 14.6 Å². The van der Waals surface area contributed by atoms with Gasteiger partial charge in [0.1, 0.15) is 5.76 Å². The first-order valence-corrected chi connectivity index (χ1v) is 9.11. The van der Waals surface area contributed by atoms with Crippen molar-refractivity contribution in [3.05, 3.63) is 29.7 Å². The molecule has 2 saturated carbocycles. The Bertz CT molecular complexity index is 689. The van der Waals surface area contributed by atoms with E-state index in [0.717, 1.165) is 44.3 Å². The number of furan rings is 1. The number of allylic oxidation sites excluding steroid dienone is 2. The lowest BCUT2D eigenvalue weighted by Crippen LogP contribution is -2.46. The number of aliphatic hydroxyl groups excluding tert-OH is 1. The van der Waals surface area contributed by atoms with Crippen LogP contribution in [0.4, 0.5) is 0 Å². The van der Waals surface area contributed by atoms with E-state index in [0.29, 0.717) is 5.92 Å². The second-order valence-electron chi connectivity index (χ2n) is 8.83. The summed E-state index contributed by atoms with van der Waals surface area (Å²) in [5.41, 5.74) is 2.36. The Hall–Kier alpha value is -1.06. The van der Waals surface area contributed by atoms with Gasteiger partial charge in [-0.15, -0.1) is 0 Å².